The number of piperidine rings is 1. The molecular formula is C12H19N3O3. The molecule has 0 saturated carbocycles. The van der Waals surface area contributed by atoms with Gasteiger partial charge in [0.25, 0.3) is 0 Å². The molecule has 1 aromatic rings. The van der Waals surface area contributed by atoms with Crippen molar-refractivity contribution >= 4 is 5.91 Å². The minimum Gasteiger partial charge on any atom is -0.391 e. The predicted octanol–water partition coefficient (Wildman–Crippen LogP) is 0.540. The van der Waals surface area contributed by atoms with Crippen molar-refractivity contribution in [2.45, 2.75) is 39.2 Å². The third-order valence-electron chi connectivity index (χ3n) is 3.39. The molecule has 0 aliphatic carbocycles. The predicted molar refractivity (Wildman–Crippen MR) is 63.7 cm³/mol. The second-order valence-corrected chi connectivity index (χ2v) is 4.91. The van der Waals surface area contributed by atoms with E-state index in [-0.39, 0.29) is 11.8 Å². The lowest BCUT2D eigenvalue weighted by atomic mass is 9.96. The average Bonchev–Trinajstić information content (AvgIpc) is 2.75. The Labute approximate surface area is 106 Å². The minimum absolute atomic E-state index is 0.0387. The van der Waals surface area contributed by atoms with E-state index < -0.39 is 6.10 Å². The van der Waals surface area contributed by atoms with Gasteiger partial charge in [-0.25, -0.2) is 0 Å². The number of nitrogens with zero attached hydrogens (tertiary/aromatic N) is 3. The maximum absolute atomic E-state index is 12.0. The van der Waals surface area contributed by atoms with E-state index in [2.05, 4.69) is 10.1 Å². The zero-order valence-electron chi connectivity index (χ0n) is 10.8. The Bertz CT molecular complexity index is 418. The van der Waals surface area contributed by atoms with E-state index in [0.717, 1.165) is 13.0 Å². The topological polar surface area (TPSA) is 79.5 Å². The highest BCUT2D eigenvalue weighted by atomic mass is 16.5. The summed E-state index contributed by atoms with van der Waals surface area (Å²) < 4.78 is 4.96. The maximum Gasteiger partial charge on any atom is 0.227 e. The molecule has 0 radical (unpaired) electrons. The molecule has 1 amide bonds. The minimum atomic E-state index is -0.409. The molecule has 1 aliphatic rings. The van der Waals surface area contributed by atoms with Crippen LogP contribution in [0.25, 0.3) is 0 Å². The van der Waals surface area contributed by atoms with E-state index in [4.69, 9.17) is 4.52 Å². The molecule has 0 spiro atoms. The van der Waals surface area contributed by atoms with E-state index in [1.165, 1.54) is 0 Å². The van der Waals surface area contributed by atoms with Crippen molar-refractivity contribution in [3.05, 3.63) is 11.7 Å². The van der Waals surface area contributed by atoms with Crippen molar-refractivity contribution in [2.75, 3.05) is 13.1 Å². The number of carbonyl (C=O) groups excluding carboxylic acids is 1. The van der Waals surface area contributed by atoms with Gasteiger partial charge in [0.15, 0.2) is 5.82 Å². The van der Waals surface area contributed by atoms with Crippen LogP contribution in [0.4, 0.5) is 0 Å². The standard InChI is InChI=1S/C12H19N3O3/c1-8-5-6-15(7-10(8)16)12(17)4-3-11-13-9(2)14-18-11/h8,10,16H,3-7H2,1-2H3. The summed E-state index contributed by atoms with van der Waals surface area (Å²) in [6.07, 6.45) is 1.25. The zero-order valence-corrected chi connectivity index (χ0v) is 10.8. The summed E-state index contributed by atoms with van der Waals surface area (Å²) in [7, 11) is 0. The summed E-state index contributed by atoms with van der Waals surface area (Å²) in [5.41, 5.74) is 0. The van der Waals surface area contributed by atoms with Gasteiger partial charge >= 0.3 is 0 Å². The lowest BCUT2D eigenvalue weighted by molar-refractivity contribution is -0.135. The molecule has 2 unspecified atom stereocenters. The van der Waals surface area contributed by atoms with Crippen LogP contribution < -0.4 is 0 Å². The molecule has 2 atom stereocenters. The van der Waals surface area contributed by atoms with E-state index in [1.807, 2.05) is 6.92 Å². The third-order valence-corrected chi connectivity index (χ3v) is 3.39. The first kappa shape index (κ1) is 13.0. The fraction of sp³-hybridized carbons (Fsp3) is 0.750. The molecule has 1 fully saturated rings. The van der Waals surface area contributed by atoms with Crippen LogP contribution in [-0.2, 0) is 11.2 Å². The number of β-amino-alcohol motifs (C(OH)–C–C–N with tert-alkyl or cyclic N) is 1. The fourth-order valence-electron chi connectivity index (χ4n) is 2.09. The van der Waals surface area contributed by atoms with E-state index in [1.54, 1.807) is 11.8 Å². The van der Waals surface area contributed by atoms with Gasteiger partial charge in [0.1, 0.15) is 0 Å². The lowest BCUT2D eigenvalue weighted by Crippen LogP contribution is -2.45. The number of likely N-dealkylation sites (tertiary alicyclic amines) is 1. The number of amides is 1. The number of aliphatic hydroxyl groups is 1. The zero-order chi connectivity index (χ0) is 13.1. The highest BCUT2D eigenvalue weighted by molar-refractivity contribution is 5.76. The van der Waals surface area contributed by atoms with Crippen LogP contribution in [0.5, 0.6) is 0 Å². The molecule has 6 heteroatoms. The molecule has 2 heterocycles. The van der Waals surface area contributed by atoms with Crippen molar-refractivity contribution in [3.63, 3.8) is 0 Å². The number of aryl methyl sites for hydroxylation is 2. The Morgan fingerprint density at radius 3 is 3.00 bits per heavy atom. The Balaban J connectivity index is 1.81. The van der Waals surface area contributed by atoms with Crippen molar-refractivity contribution in [1.82, 2.24) is 15.0 Å². The maximum atomic E-state index is 12.0. The first-order chi connectivity index (χ1) is 8.56. The smallest absolute Gasteiger partial charge is 0.227 e. The molecule has 1 saturated heterocycles. The van der Waals surface area contributed by atoms with Gasteiger partial charge in [-0.1, -0.05) is 12.1 Å². The Morgan fingerprint density at radius 1 is 1.61 bits per heavy atom. The van der Waals surface area contributed by atoms with Crippen LogP contribution in [0.1, 0.15) is 31.5 Å². The molecular weight excluding hydrogens is 234 g/mol. The summed E-state index contributed by atoms with van der Waals surface area (Å²) in [6.45, 7) is 4.91. The molecule has 18 heavy (non-hydrogen) atoms. The normalized spacial score (nSPS) is 24.3. The van der Waals surface area contributed by atoms with Crippen LogP contribution in [0.2, 0.25) is 0 Å². The summed E-state index contributed by atoms with van der Waals surface area (Å²) in [5.74, 6) is 1.39. The molecule has 0 aromatic carbocycles. The summed E-state index contributed by atoms with van der Waals surface area (Å²) in [5, 5.41) is 13.4. The van der Waals surface area contributed by atoms with Crippen molar-refractivity contribution in [3.8, 4) is 0 Å². The molecule has 1 N–H and O–H groups in total. The molecule has 2 rings (SSSR count). The van der Waals surface area contributed by atoms with Crippen LogP contribution in [-0.4, -0.2) is 45.2 Å². The van der Waals surface area contributed by atoms with Gasteiger partial charge in [0.2, 0.25) is 11.8 Å². The van der Waals surface area contributed by atoms with Gasteiger partial charge in [-0.05, 0) is 19.3 Å². The molecule has 6 nitrogen and oxygen atoms in total. The number of aliphatic hydroxyl groups excluding tert-OH is 1. The van der Waals surface area contributed by atoms with Crippen LogP contribution in [0, 0.1) is 12.8 Å². The monoisotopic (exact) mass is 253 g/mol. The van der Waals surface area contributed by atoms with Gasteiger partial charge in [0, 0.05) is 25.9 Å². The summed E-state index contributed by atoms with van der Waals surface area (Å²) >= 11 is 0. The van der Waals surface area contributed by atoms with E-state index in [9.17, 15) is 9.90 Å². The highest BCUT2D eigenvalue weighted by Gasteiger charge is 2.27. The van der Waals surface area contributed by atoms with E-state index in [0.29, 0.717) is 31.1 Å². The van der Waals surface area contributed by atoms with Crippen molar-refractivity contribution in [1.29, 1.82) is 0 Å². The van der Waals surface area contributed by atoms with Gasteiger partial charge < -0.3 is 14.5 Å². The quantitative estimate of drug-likeness (QED) is 0.850. The molecule has 100 valence electrons. The third kappa shape index (κ3) is 3.07. The number of aromatic nitrogens is 2. The molecule has 0 bridgehead atoms. The first-order valence-electron chi connectivity index (χ1n) is 6.31. The van der Waals surface area contributed by atoms with Crippen LogP contribution in [0.15, 0.2) is 4.52 Å². The Morgan fingerprint density at radius 2 is 2.39 bits per heavy atom. The Kier molecular flexibility index (Phi) is 3.96. The second kappa shape index (κ2) is 5.48. The number of carbonyl (C=O) groups is 1. The highest BCUT2D eigenvalue weighted by Crippen LogP contribution is 2.17. The number of rotatable bonds is 3. The van der Waals surface area contributed by atoms with Crippen LogP contribution >= 0.6 is 0 Å². The van der Waals surface area contributed by atoms with Crippen LogP contribution in [0.3, 0.4) is 0 Å². The van der Waals surface area contributed by atoms with Gasteiger partial charge in [-0.15, -0.1) is 0 Å². The van der Waals surface area contributed by atoms with Gasteiger partial charge in [-0.2, -0.15) is 4.98 Å². The number of hydrogen-bond donors (Lipinski definition) is 1. The fourth-order valence-corrected chi connectivity index (χ4v) is 2.09. The molecule has 1 aliphatic heterocycles. The largest absolute Gasteiger partial charge is 0.391 e. The van der Waals surface area contributed by atoms with Crippen molar-refractivity contribution < 1.29 is 14.4 Å². The van der Waals surface area contributed by atoms with Crippen molar-refractivity contribution in [2.24, 2.45) is 5.92 Å². The van der Waals surface area contributed by atoms with E-state index >= 15 is 0 Å². The summed E-state index contributed by atoms with van der Waals surface area (Å²) in [6, 6.07) is 0. The van der Waals surface area contributed by atoms with Gasteiger partial charge in [0.05, 0.1) is 6.10 Å². The second-order valence-electron chi connectivity index (χ2n) is 4.91. The Hall–Kier alpha value is -1.43. The summed E-state index contributed by atoms with van der Waals surface area (Å²) in [4.78, 5) is 17.7. The average molecular weight is 253 g/mol. The SMILES string of the molecule is Cc1noc(CCC(=O)N2CCC(C)C(O)C2)n1. The molecule has 1 aromatic heterocycles. The first-order valence-corrected chi connectivity index (χ1v) is 6.31. The number of hydrogen-bond acceptors (Lipinski definition) is 5. The van der Waals surface area contributed by atoms with Gasteiger partial charge in [-0.3, -0.25) is 4.79 Å². The lowest BCUT2D eigenvalue weighted by Gasteiger charge is -2.34.